The molecule has 2 fully saturated rings. The second-order valence-electron chi connectivity index (χ2n) is 7.51. The highest BCUT2D eigenvalue weighted by Gasteiger charge is 2.26. The molecule has 4 rings (SSSR count). The maximum atomic E-state index is 12.6. The van der Waals surface area contributed by atoms with Crippen molar-refractivity contribution in [1.82, 2.24) is 20.0 Å². The molecule has 8 heteroatoms. The van der Waals surface area contributed by atoms with Crippen molar-refractivity contribution in [3.05, 3.63) is 42.0 Å². The summed E-state index contributed by atoms with van der Waals surface area (Å²) in [6.45, 7) is 6.31. The van der Waals surface area contributed by atoms with Crippen LogP contribution in [0.4, 0.5) is 5.82 Å². The number of hydrogen-bond donors (Lipinski definition) is 0. The number of rotatable bonds is 3. The molecule has 4 heterocycles. The van der Waals surface area contributed by atoms with E-state index >= 15 is 0 Å². The molecule has 0 atom stereocenters. The highest BCUT2D eigenvalue weighted by molar-refractivity contribution is 5.92. The van der Waals surface area contributed by atoms with Gasteiger partial charge in [0.2, 0.25) is 0 Å². The second-order valence-corrected chi connectivity index (χ2v) is 7.51. The Bertz CT molecular complexity index is 805. The van der Waals surface area contributed by atoms with E-state index in [0.29, 0.717) is 43.6 Å². The van der Waals surface area contributed by atoms with E-state index in [9.17, 15) is 9.59 Å². The number of furan rings is 1. The molecule has 0 aliphatic carbocycles. The van der Waals surface area contributed by atoms with E-state index in [2.05, 4.69) is 22.0 Å². The lowest BCUT2D eigenvalue weighted by Crippen LogP contribution is -2.49. The standard InChI is InChI=1S/C20H25N5O3/c1-15-6-8-24(9-7-15)19(26)16-4-5-18(22-21-16)23-10-12-25(13-11-23)20(27)17-3-2-14-28-17/h2-5,14-15H,6-13H2,1H3. The third-order valence-electron chi connectivity index (χ3n) is 5.56. The Hall–Kier alpha value is -2.90. The molecule has 2 saturated heterocycles. The lowest BCUT2D eigenvalue weighted by atomic mass is 9.99. The monoisotopic (exact) mass is 383 g/mol. The van der Waals surface area contributed by atoms with Crippen molar-refractivity contribution >= 4 is 17.6 Å². The average molecular weight is 383 g/mol. The van der Waals surface area contributed by atoms with Crippen LogP contribution in [-0.4, -0.2) is 71.1 Å². The molecule has 0 unspecified atom stereocenters. The number of anilines is 1. The highest BCUT2D eigenvalue weighted by Crippen LogP contribution is 2.19. The third-order valence-corrected chi connectivity index (χ3v) is 5.56. The topological polar surface area (TPSA) is 82.8 Å². The van der Waals surface area contributed by atoms with Crippen molar-refractivity contribution in [2.75, 3.05) is 44.2 Å². The van der Waals surface area contributed by atoms with Crippen LogP contribution in [0.2, 0.25) is 0 Å². The summed E-state index contributed by atoms with van der Waals surface area (Å²) in [6.07, 6.45) is 3.59. The van der Waals surface area contributed by atoms with Gasteiger partial charge in [-0.15, -0.1) is 10.2 Å². The summed E-state index contributed by atoms with van der Waals surface area (Å²) in [6, 6.07) is 6.99. The number of nitrogens with zero attached hydrogens (tertiary/aromatic N) is 5. The van der Waals surface area contributed by atoms with Gasteiger partial charge in [0, 0.05) is 39.3 Å². The van der Waals surface area contributed by atoms with Gasteiger partial charge in [-0.2, -0.15) is 0 Å². The van der Waals surface area contributed by atoms with Crippen LogP contribution in [0.5, 0.6) is 0 Å². The Kier molecular flexibility index (Phi) is 5.27. The van der Waals surface area contributed by atoms with Crippen LogP contribution >= 0.6 is 0 Å². The van der Waals surface area contributed by atoms with E-state index in [1.807, 2.05) is 11.0 Å². The molecule has 0 spiro atoms. The molecule has 0 aromatic carbocycles. The van der Waals surface area contributed by atoms with E-state index in [1.54, 1.807) is 23.1 Å². The van der Waals surface area contributed by atoms with Crippen LogP contribution in [0.3, 0.4) is 0 Å². The predicted octanol–water partition coefficient (Wildman–Crippen LogP) is 1.90. The van der Waals surface area contributed by atoms with Crippen molar-refractivity contribution in [2.45, 2.75) is 19.8 Å². The summed E-state index contributed by atoms with van der Waals surface area (Å²) in [7, 11) is 0. The number of likely N-dealkylation sites (tertiary alicyclic amines) is 1. The minimum atomic E-state index is -0.0903. The molecule has 0 saturated carbocycles. The summed E-state index contributed by atoms with van der Waals surface area (Å²) in [5, 5.41) is 8.42. The van der Waals surface area contributed by atoms with E-state index in [0.717, 1.165) is 31.7 Å². The number of carbonyl (C=O) groups is 2. The molecule has 2 aliphatic heterocycles. The van der Waals surface area contributed by atoms with Gasteiger partial charge < -0.3 is 19.1 Å². The summed E-state index contributed by atoms with van der Waals surface area (Å²) >= 11 is 0. The molecule has 8 nitrogen and oxygen atoms in total. The first-order chi connectivity index (χ1) is 13.6. The zero-order valence-electron chi connectivity index (χ0n) is 16.1. The Balaban J connectivity index is 1.33. The lowest BCUT2D eigenvalue weighted by Gasteiger charge is -2.34. The maximum Gasteiger partial charge on any atom is 0.289 e. The fourth-order valence-electron chi connectivity index (χ4n) is 3.68. The zero-order chi connectivity index (χ0) is 19.5. The highest BCUT2D eigenvalue weighted by atomic mass is 16.3. The molecule has 0 radical (unpaired) electrons. The van der Waals surface area contributed by atoms with Gasteiger partial charge in [0.05, 0.1) is 6.26 Å². The van der Waals surface area contributed by atoms with Crippen molar-refractivity contribution in [3.63, 3.8) is 0 Å². The number of carbonyl (C=O) groups excluding carboxylic acids is 2. The van der Waals surface area contributed by atoms with Gasteiger partial charge in [0.15, 0.2) is 17.3 Å². The van der Waals surface area contributed by atoms with Gasteiger partial charge in [-0.25, -0.2) is 0 Å². The molecule has 2 aromatic rings. The van der Waals surface area contributed by atoms with Gasteiger partial charge in [0.1, 0.15) is 0 Å². The van der Waals surface area contributed by atoms with E-state index in [-0.39, 0.29) is 11.8 Å². The summed E-state index contributed by atoms with van der Waals surface area (Å²) in [5.74, 6) is 1.64. The van der Waals surface area contributed by atoms with Gasteiger partial charge in [-0.05, 0) is 43.0 Å². The first-order valence-corrected chi connectivity index (χ1v) is 9.82. The van der Waals surface area contributed by atoms with Crippen LogP contribution in [0.15, 0.2) is 34.9 Å². The molecule has 0 N–H and O–H groups in total. The van der Waals surface area contributed by atoms with Gasteiger partial charge in [0.25, 0.3) is 11.8 Å². The van der Waals surface area contributed by atoms with Crippen LogP contribution in [0, 0.1) is 5.92 Å². The normalized spacial score (nSPS) is 18.4. The summed E-state index contributed by atoms with van der Waals surface area (Å²) < 4.78 is 5.19. The van der Waals surface area contributed by atoms with Crippen LogP contribution in [0.1, 0.15) is 40.8 Å². The quantitative estimate of drug-likeness (QED) is 0.805. The van der Waals surface area contributed by atoms with E-state index in [4.69, 9.17) is 4.42 Å². The zero-order valence-corrected chi connectivity index (χ0v) is 16.1. The average Bonchev–Trinajstić information content (AvgIpc) is 3.28. The first-order valence-electron chi connectivity index (χ1n) is 9.82. The Morgan fingerprint density at radius 3 is 2.25 bits per heavy atom. The molecular formula is C20H25N5O3. The van der Waals surface area contributed by atoms with E-state index < -0.39 is 0 Å². The fraction of sp³-hybridized carbons (Fsp3) is 0.500. The Morgan fingerprint density at radius 1 is 0.929 bits per heavy atom. The van der Waals surface area contributed by atoms with Gasteiger partial charge in [-0.3, -0.25) is 9.59 Å². The van der Waals surface area contributed by atoms with Crippen molar-refractivity contribution in [2.24, 2.45) is 5.92 Å². The summed E-state index contributed by atoms with van der Waals surface area (Å²) in [5.41, 5.74) is 0.393. The SMILES string of the molecule is CC1CCN(C(=O)c2ccc(N3CCN(C(=O)c4ccco4)CC3)nn2)CC1. The molecule has 2 amide bonds. The third kappa shape index (κ3) is 3.85. The number of aromatic nitrogens is 2. The molecule has 2 aromatic heterocycles. The molecule has 2 aliphatic rings. The second kappa shape index (κ2) is 8.00. The largest absolute Gasteiger partial charge is 0.459 e. The maximum absolute atomic E-state index is 12.6. The van der Waals surface area contributed by atoms with Crippen LogP contribution in [-0.2, 0) is 0 Å². The summed E-state index contributed by atoms with van der Waals surface area (Å²) in [4.78, 5) is 30.6. The van der Waals surface area contributed by atoms with Crippen molar-refractivity contribution < 1.29 is 14.0 Å². The van der Waals surface area contributed by atoms with E-state index in [1.165, 1.54) is 6.26 Å². The first kappa shape index (κ1) is 18.5. The molecule has 148 valence electrons. The molecule has 28 heavy (non-hydrogen) atoms. The van der Waals surface area contributed by atoms with Crippen molar-refractivity contribution in [3.8, 4) is 0 Å². The number of hydrogen-bond acceptors (Lipinski definition) is 6. The number of amides is 2. The predicted molar refractivity (Wildman–Crippen MR) is 103 cm³/mol. The molecular weight excluding hydrogens is 358 g/mol. The Morgan fingerprint density at radius 2 is 1.64 bits per heavy atom. The fourth-order valence-corrected chi connectivity index (χ4v) is 3.68. The number of piperazine rings is 1. The number of piperidine rings is 1. The lowest BCUT2D eigenvalue weighted by molar-refractivity contribution is 0.0687. The minimum Gasteiger partial charge on any atom is -0.459 e. The smallest absolute Gasteiger partial charge is 0.289 e. The molecule has 0 bridgehead atoms. The minimum absolute atomic E-state index is 0.0418. The van der Waals surface area contributed by atoms with Crippen LogP contribution < -0.4 is 4.90 Å². The van der Waals surface area contributed by atoms with Crippen molar-refractivity contribution in [1.29, 1.82) is 0 Å². The Labute approximate surface area is 164 Å². The van der Waals surface area contributed by atoms with Crippen LogP contribution in [0.25, 0.3) is 0 Å². The van der Waals surface area contributed by atoms with Gasteiger partial charge in [-0.1, -0.05) is 6.92 Å². The van der Waals surface area contributed by atoms with Gasteiger partial charge >= 0.3 is 0 Å².